The average molecular weight is 273 g/mol. The number of nitrogens with one attached hydrogen (secondary N) is 1. The number of halogens is 1. The highest BCUT2D eigenvalue weighted by Crippen LogP contribution is 2.26. The Labute approximate surface area is 117 Å². The van der Waals surface area contributed by atoms with E-state index in [0.717, 1.165) is 17.0 Å². The van der Waals surface area contributed by atoms with Crippen molar-refractivity contribution >= 4 is 17.3 Å². The van der Waals surface area contributed by atoms with Crippen LogP contribution >= 0.6 is 11.6 Å². The Kier molecular flexibility index (Phi) is 4.27. The van der Waals surface area contributed by atoms with Crippen LogP contribution in [-0.2, 0) is 0 Å². The van der Waals surface area contributed by atoms with Crippen molar-refractivity contribution in [3.63, 3.8) is 0 Å². The summed E-state index contributed by atoms with van der Waals surface area (Å²) in [6, 6.07) is 16.5. The second-order valence-corrected chi connectivity index (χ2v) is 4.37. The molecule has 0 heterocycles. The smallest absolute Gasteiger partial charge is 0.140 e. The number of nitriles is 1. The molecule has 0 spiro atoms. The number of hydrogen-bond acceptors (Lipinski definition) is 3. The minimum absolute atomic E-state index is 0.453. The van der Waals surface area contributed by atoms with E-state index < -0.39 is 6.04 Å². The number of hydrogen-bond donors (Lipinski definition) is 1. The fourth-order valence-corrected chi connectivity index (χ4v) is 1.91. The molecule has 0 bridgehead atoms. The molecule has 4 heteroatoms. The number of nitrogens with zero attached hydrogens (tertiary/aromatic N) is 1. The Bertz CT molecular complexity index is 590. The molecule has 1 unspecified atom stereocenters. The van der Waals surface area contributed by atoms with Crippen LogP contribution in [0, 0.1) is 11.3 Å². The Balaban J connectivity index is 2.21. The zero-order valence-electron chi connectivity index (χ0n) is 10.4. The van der Waals surface area contributed by atoms with Gasteiger partial charge < -0.3 is 10.1 Å². The van der Waals surface area contributed by atoms with Crippen LogP contribution in [0.2, 0.25) is 5.02 Å². The third kappa shape index (κ3) is 3.18. The lowest BCUT2D eigenvalue weighted by Gasteiger charge is -2.14. The summed E-state index contributed by atoms with van der Waals surface area (Å²) in [7, 11) is 1.61. The van der Waals surface area contributed by atoms with Gasteiger partial charge in [0.05, 0.1) is 23.9 Å². The maximum Gasteiger partial charge on any atom is 0.140 e. The van der Waals surface area contributed by atoms with Gasteiger partial charge in [-0.15, -0.1) is 0 Å². The molecule has 0 saturated carbocycles. The van der Waals surface area contributed by atoms with Gasteiger partial charge in [-0.05, 0) is 29.8 Å². The van der Waals surface area contributed by atoms with Gasteiger partial charge in [-0.1, -0.05) is 35.9 Å². The van der Waals surface area contributed by atoms with Crippen molar-refractivity contribution in [3.05, 3.63) is 59.1 Å². The predicted octanol–water partition coefficient (Wildman–Crippen LogP) is 4.03. The van der Waals surface area contributed by atoms with E-state index in [-0.39, 0.29) is 0 Å². The summed E-state index contributed by atoms with van der Waals surface area (Å²) in [5.74, 6) is 0.762. The van der Waals surface area contributed by atoms with E-state index in [2.05, 4.69) is 11.4 Å². The third-order valence-corrected chi connectivity index (χ3v) is 3.08. The van der Waals surface area contributed by atoms with Crippen LogP contribution in [0.1, 0.15) is 11.6 Å². The molecule has 3 nitrogen and oxygen atoms in total. The van der Waals surface area contributed by atoms with Crippen molar-refractivity contribution in [2.75, 3.05) is 12.4 Å². The maximum absolute atomic E-state index is 9.27. The van der Waals surface area contributed by atoms with Crippen molar-refractivity contribution in [3.8, 4) is 11.8 Å². The molecule has 0 fully saturated rings. The van der Waals surface area contributed by atoms with Crippen LogP contribution in [0.4, 0.5) is 5.69 Å². The lowest BCUT2D eigenvalue weighted by atomic mass is 10.1. The number of benzene rings is 2. The van der Waals surface area contributed by atoms with Crippen LogP contribution in [0.25, 0.3) is 0 Å². The molecular formula is C15H13ClN2O. The van der Waals surface area contributed by atoms with E-state index in [1.165, 1.54) is 0 Å². The van der Waals surface area contributed by atoms with Gasteiger partial charge in [-0.25, -0.2) is 0 Å². The largest absolute Gasteiger partial charge is 0.497 e. The summed E-state index contributed by atoms with van der Waals surface area (Å²) >= 11 is 6.07. The van der Waals surface area contributed by atoms with Crippen molar-refractivity contribution in [1.82, 2.24) is 0 Å². The number of rotatable bonds is 4. The monoisotopic (exact) mass is 272 g/mol. The van der Waals surface area contributed by atoms with E-state index in [1.54, 1.807) is 13.2 Å². The molecule has 0 aliphatic carbocycles. The summed E-state index contributed by atoms with van der Waals surface area (Å²) in [5, 5.41) is 13.0. The summed E-state index contributed by atoms with van der Waals surface area (Å²) < 4.78 is 5.10. The number of methoxy groups -OCH3 is 1. The van der Waals surface area contributed by atoms with E-state index in [9.17, 15) is 5.26 Å². The molecule has 2 aromatic carbocycles. The average Bonchev–Trinajstić information content (AvgIpc) is 2.47. The zero-order chi connectivity index (χ0) is 13.7. The van der Waals surface area contributed by atoms with Gasteiger partial charge in [0.2, 0.25) is 0 Å². The first-order chi connectivity index (χ1) is 9.24. The Morgan fingerprint density at radius 2 is 1.84 bits per heavy atom. The second kappa shape index (κ2) is 6.12. The Morgan fingerprint density at radius 3 is 2.42 bits per heavy atom. The standard InChI is InChI=1S/C15H13ClN2O/c1-19-12-8-6-11(7-9-12)15(10-17)18-14-5-3-2-4-13(14)16/h2-9,15,18H,1H3. The first-order valence-corrected chi connectivity index (χ1v) is 6.17. The highest BCUT2D eigenvalue weighted by Gasteiger charge is 2.11. The molecule has 0 aromatic heterocycles. The van der Waals surface area contributed by atoms with Gasteiger partial charge in [-0.2, -0.15) is 5.26 Å². The molecule has 0 aliphatic heterocycles. The summed E-state index contributed by atoms with van der Waals surface area (Å²) in [4.78, 5) is 0. The summed E-state index contributed by atoms with van der Waals surface area (Å²) in [6.07, 6.45) is 0. The lowest BCUT2D eigenvalue weighted by Crippen LogP contribution is -2.08. The van der Waals surface area contributed by atoms with Crippen molar-refractivity contribution < 1.29 is 4.74 Å². The molecule has 0 saturated heterocycles. The van der Waals surface area contributed by atoms with Gasteiger partial charge >= 0.3 is 0 Å². The van der Waals surface area contributed by atoms with Crippen LogP contribution in [0.5, 0.6) is 5.75 Å². The minimum Gasteiger partial charge on any atom is -0.497 e. The quantitative estimate of drug-likeness (QED) is 0.914. The molecule has 0 radical (unpaired) electrons. The Morgan fingerprint density at radius 1 is 1.16 bits per heavy atom. The van der Waals surface area contributed by atoms with Gasteiger partial charge in [0.1, 0.15) is 11.8 Å². The van der Waals surface area contributed by atoms with Crippen LogP contribution in [0.3, 0.4) is 0 Å². The summed E-state index contributed by atoms with van der Waals surface area (Å²) in [6.45, 7) is 0. The highest BCUT2D eigenvalue weighted by molar-refractivity contribution is 6.33. The first kappa shape index (κ1) is 13.3. The van der Waals surface area contributed by atoms with Crippen molar-refractivity contribution in [1.29, 1.82) is 5.26 Å². The normalized spacial score (nSPS) is 11.4. The van der Waals surface area contributed by atoms with E-state index >= 15 is 0 Å². The van der Waals surface area contributed by atoms with Gasteiger partial charge in [0.15, 0.2) is 0 Å². The van der Waals surface area contributed by atoms with Crippen LogP contribution < -0.4 is 10.1 Å². The molecule has 0 aliphatic rings. The molecule has 2 aromatic rings. The Hall–Kier alpha value is -2.18. The molecular weight excluding hydrogens is 260 g/mol. The SMILES string of the molecule is COc1ccc(C(C#N)Nc2ccccc2Cl)cc1. The molecule has 2 rings (SSSR count). The first-order valence-electron chi connectivity index (χ1n) is 5.79. The number of ether oxygens (including phenoxy) is 1. The minimum atomic E-state index is -0.453. The van der Waals surface area contributed by atoms with Crippen molar-refractivity contribution in [2.45, 2.75) is 6.04 Å². The van der Waals surface area contributed by atoms with E-state index in [1.807, 2.05) is 42.5 Å². The topological polar surface area (TPSA) is 45.0 Å². The van der Waals surface area contributed by atoms with E-state index in [4.69, 9.17) is 16.3 Å². The van der Waals surface area contributed by atoms with Crippen LogP contribution in [0.15, 0.2) is 48.5 Å². The molecule has 19 heavy (non-hydrogen) atoms. The second-order valence-electron chi connectivity index (χ2n) is 3.96. The van der Waals surface area contributed by atoms with Gasteiger partial charge in [-0.3, -0.25) is 0 Å². The van der Waals surface area contributed by atoms with Gasteiger partial charge in [0.25, 0.3) is 0 Å². The molecule has 1 atom stereocenters. The molecule has 0 amide bonds. The van der Waals surface area contributed by atoms with Crippen molar-refractivity contribution in [2.24, 2.45) is 0 Å². The zero-order valence-corrected chi connectivity index (χ0v) is 11.2. The number of anilines is 1. The summed E-state index contributed by atoms with van der Waals surface area (Å²) in [5.41, 5.74) is 1.61. The third-order valence-electron chi connectivity index (χ3n) is 2.75. The maximum atomic E-state index is 9.27. The fraction of sp³-hybridized carbons (Fsp3) is 0.133. The predicted molar refractivity (Wildman–Crippen MR) is 76.4 cm³/mol. The highest BCUT2D eigenvalue weighted by atomic mass is 35.5. The fourth-order valence-electron chi connectivity index (χ4n) is 1.72. The molecule has 1 N–H and O–H groups in total. The number of para-hydroxylation sites is 1. The van der Waals surface area contributed by atoms with Crippen LogP contribution in [-0.4, -0.2) is 7.11 Å². The lowest BCUT2D eigenvalue weighted by molar-refractivity contribution is 0.414. The van der Waals surface area contributed by atoms with Gasteiger partial charge in [0, 0.05) is 0 Å². The molecule has 96 valence electrons. The van der Waals surface area contributed by atoms with E-state index in [0.29, 0.717) is 5.02 Å².